The van der Waals surface area contributed by atoms with Gasteiger partial charge in [0.1, 0.15) is 0 Å². The summed E-state index contributed by atoms with van der Waals surface area (Å²) in [4.78, 5) is 0. The Morgan fingerprint density at radius 1 is 0.826 bits per heavy atom. The average molecular weight is 399 g/mol. The normalized spacial score (nSPS) is 10.0. The summed E-state index contributed by atoms with van der Waals surface area (Å²) in [5.41, 5.74) is 8.45. The maximum atomic E-state index is 4.64. The quantitative estimate of drug-likeness (QED) is 0.200. The molecule has 0 spiro atoms. The van der Waals surface area contributed by atoms with Gasteiger partial charge in [-0.3, -0.25) is 0 Å². The van der Waals surface area contributed by atoms with Crippen LogP contribution in [0.3, 0.4) is 0 Å². The van der Waals surface area contributed by atoms with Gasteiger partial charge in [0.25, 0.3) is 0 Å². The van der Waals surface area contributed by atoms with Crippen molar-refractivity contribution >= 4 is 11.6 Å². The summed E-state index contributed by atoms with van der Waals surface area (Å²) in [5, 5.41) is 0. The van der Waals surface area contributed by atoms with Crippen LogP contribution in [0.25, 0.3) is 22.3 Å². The number of halogens is 1. The van der Waals surface area contributed by atoms with E-state index in [0.717, 1.165) is 6.42 Å². The summed E-state index contributed by atoms with van der Waals surface area (Å²) in [6.07, 6.45) is 2.53. The molecule has 0 bridgehead atoms. The smallest absolute Gasteiger partial charge is 0.0108 e. The Morgan fingerprint density at radius 3 is 2.13 bits per heavy atom. The van der Waals surface area contributed by atoms with Crippen molar-refractivity contribution in [2.45, 2.75) is 6.42 Å². The first-order valence-electron chi connectivity index (χ1n) is 7.23. The summed E-state index contributed by atoms with van der Waals surface area (Å²) in [6, 6.07) is 24.0. The van der Waals surface area contributed by atoms with E-state index in [0.29, 0.717) is 0 Å². The van der Waals surface area contributed by atoms with Crippen molar-refractivity contribution in [2.75, 3.05) is 6.38 Å². The Balaban J connectivity index is 0.000000494. The molecule has 3 aromatic rings. The maximum absolute atomic E-state index is 4.64. The van der Waals surface area contributed by atoms with Crippen molar-refractivity contribution in [1.29, 1.82) is 0 Å². The third kappa shape index (κ3) is 3.97. The fraction of sp³-hybridized carbons (Fsp3) is 0.0952. The van der Waals surface area contributed by atoms with E-state index in [-0.39, 0.29) is 26.2 Å². The molecule has 0 saturated carbocycles. The molecule has 0 nitrogen and oxygen atoms in total. The van der Waals surface area contributed by atoms with Gasteiger partial charge in [0.05, 0.1) is 0 Å². The van der Waals surface area contributed by atoms with Gasteiger partial charge >= 0.3 is 0 Å². The van der Waals surface area contributed by atoms with Gasteiger partial charge in [0.15, 0.2) is 0 Å². The van der Waals surface area contributed by atoms with Crippen LogP contribution >= 0.6 is 11.6 Å². The van der Waals surface area contributed by atoms with Crippen LogP contribution in [0.5, 0.6) is 0 Å². The molecule has 0 fully saturated rings. The molecule has 2 heteroatoms. The van der Waals surface area contributed by atoms with Gasteiger partial charge in [0.2, 0.25) is 0 Å². The van der Waals surface area contributed by atoms with Crippen LogP contribution < -0.4 is 0 Å². The molecule has 1 aliphatic carbocycles. The van der Waals surface area contributed by atoms with Crippen LogP contribution in [0.2, 0.25) is 0 Å². The van der Waals surface area contributed by atoms with E-state index < -0.39 is 0 Å². The summed E-state index contributed by atoms with van der Waals surface area (Å²) in [7, 11) is 0. The van der Waals surface area contributed by atoms with Crippen LogP contribution in [-0.2, 0) is 32.6 Å². The maximum Gasteiger partial charge on any atom is 0.0108 e. The van der Waals surface area contributed by atoms with Gasteiger partial charge in [-0.2, -0.15) is 12.1 Å². The second-order valence-electron chi connectivity index (χ2n) is 4.84. The molecular formula is C21H20ClZr-. The predicted octanol–water partition coefficient (Wildman–Crippen LogP) is 6.30. The van der Waals surface area contributed by atoms with E-state index in [1.54, 1.807) is 0 Å². The molecule has 0 heterocycles. The first-order chi connectivity index (χ1) is 10.9. The van der Waals surface area contributed by atoms with Crippen LogP contribution in [-0.4, -0.2) is 6.38 Å². The van der Waals surface area contributed by atoms with Gasteiger partial charge in [-0.05, 0) is 23.1 Å². The van der Waals surface area contributed by atoms with Gasteiger partial charge in [-0.1, -0.05) is 47.5 Å². The molecule has 23 heavy (non-hydrogen) atoms. The number of benzene rings is 2. The Morgan fingerprint density at radius 2 is 1.43 bits per heavy atom. The van der Waals surface area contributed by atoms with Crippen molar-refractivity contribution in [3.05, 3.63) is 91.0 Å². The van der Waals surface area contributed by atoms with Crippen molar-refractivity contribution in [3.63, 3.8) is 0 Å². The number of hydrogen-bond donors (Lipinski definition) is 0. The van der Waals surface area contributed by atoms with Crippen molar-refractivity contribution in [3.8, 4) is 22.3 Å². The Kier molecular flexibility index (Phi) is 8.38. The monoisotopic (exact) mass is 397 g/mol. The van der Waals surface area contributed by atoms with Crippen molar-refractivity contribution < 1.29 is 26.2 Å². The molecule has 0 radical (unpaired) electrons. The molecule has 0 N–H and O–H groups in total. The Bertz CT molecular complexity index is 729. The zero-order valence-electron chi connectivity index (χ0n) is 13.4. The van der Waals surface area contributed by atoms with Gasteiger partial charge in [-0.15, -0.1) is 48.5 Å². The fourth-order valence-corrected chi connectivity index (χ4v) is 2.98. The van der Waals surface area contributed by atoms with Crippen LogP contribution in [0.1, 0.15) is 11.1 Å². The average Bonchev–Trinajstić information content (AvgIpc) is 3.26. The predicted molar refractivity (Wildman–Crippen MR) is 98.7 cm³/mol. The zero-order valence-corrected chi connectivity index (χ0v) is 16.6. The minimum Gasteiger partial charge on any atom is -0.152 e. The summed E-state index contributed by atoms with van der Waals surface area (Å²) < 4.78 is 0. The summed E-state index contributed by atoms with van der Waals surface area (Å²) >= 11 is 4.64. The fourth-order valence-electron chi connectivity index (χ4n) is 2.98. The minimum absolute atomic E-state index is 0. The molecule has 4 rings (SSSR count). The van der Waals surface area contributed by atoms with Crippen LogP contribution in [0.15, 0.2) is 79.9 Å². The number of fused-ring (bicyclic) bond motifs is 3. The van der Waals surface area contributed by atoms with Gasteiger partial charge < -0.3 is 0 Å². The van der Waals surface area contributed by atoms with Crippen LogP contribution in [0.4, 0.5) is 0 Å². The van der Waals surface area contributed by atoms with Crippen molar-refractivity contribution in [1.82, 2.24) is 0 Å². The van der Waals surface area contributed by atoms with Crippen molar-refractivity contribution in [2.24, 2.45) is 0 Å². The second kappa shape index (κ2) is 9.76. The molecule has 0 aromatic heterocycles. The minimum atomic E-state index is 0. The standard InChI is InChI=1S/C18H13.C2H4.CH3Cl.Zr/c1-2-7-13(6-1)15-10-5-11-17-16-9-4-3-8-14(16)12-18(15)17;2*1-2;/h1-11H,12H2;1-2H2;1H3;/q-1;;;. The molecule has 0 aliphatic heterocycles. The first-order valence-corrected chi connectivity index (χ1v) is 7.99. The molecular weight excluding hydrogens is 379 g/mol. The third-order valence-corrected chi connectivity index (χ3v) is 3.82. The number of alkyl halides is 1. The summed E-state index contributed by atoms with van der Waals surface area (Å²) in [5.74, 6) is 0. The van der Waals surface area contributed by atoms with E-state index in [9.17, 15) is 0 Å². The molecule has 1 aliphatic rings. The van der Waals surface area contributed by atoms with E-state index in [1.165, 1.54) is 39.8 Å². The SMILES string of the molecule is C=C.CCl.[Zr].c1ccc2c(c1)Cc1c-2cccc1-[c-]1cccc1. The largest absolute Gasteiger partial charge is 0.152 e. The zero-order chi connectivity index (χ0) is 15.9. The molecule has 0 unspecified atom stereocenters. The Hall–Kier alpha value is -1.30. The number of hydrogen-bond acceptors (Lipinski definition) is 0. The Labute approximate surface area is 163 Å². The van der Waals surface area contributed by atoms with E-state index in [1.807, 2.05) is 0 Å². The van der Waals surface area contributed by atoms with Crippen LogP contribution in [0, 0.1) is 0 Å². The summed E-state index contributed by atoms with van der Waals surface area (Å²) in [6.45, 7) is 6.00. The van der Waals surface area contributed by atoms with E-state index in [4.69, 9.17) is 0 Å². The third-order valence-electron chi connectivity index (χ3n) is 3.82. The van der Waals surface area contributed by atoms with Gasteiger partial charge in [-0.25, -0.2) is 0 Å². The number of rotatable bonds is 1. The first kappa shape index (κ1) is 19.7. The molecule has 0 atom stereocenters. The molecule has 3 aromatic carbocycles. The topological polar surface area (TPSA) is 0 Å². The van der Waals surface area contributed by atoms with E-state index in [2.05, 4.69) is 91.5 Å². The van der Waals surface area contributed by atoms with Gasteiger partial charge in [0, 0.05) is 32.6 Å². The molecule has 0 saturated heterocycles. The van der Waals surface area contributed by atoms with E-state index >= 15 is 0 Å². The molecule has 116 valence electrons. The molecule has 0 amide bonds. The second-order valence-corrected chi connectivity index (χ2v) is 4.84.